The molecule has 22 nitrogen and oxygen atoms in total. The number of H-pyrrole nitrogens is 1. The van der Waals surface area contributed by atoms with E-state index in [2.05, 4.69) is 41.1 Å². The first-order chi connectivity index (χ1) is 34.8. The number of carbonyl (C=O) groups is 9. The molecule has 0 spiro atoms. The number of fused-ring (bicyclic) bond motifs is 1. The zero-order chi connectivity index (χ0) is 53.1. The lowest BCUT2D eigenvalue weighted by Crippen LogP contribution is -2.58. The summed E-state index contributed by atoms with van der Waals surface area (Å²) in [5.74, 6) is -7.04. The maximum Gasteiger partial charge on any atom is 0.446 e. The molecular formula is C48H58N8O14S3. The molecule has 0 aliphatic carbocycles. The number of aromatic amines is 1. The molecule has 9 N–H and O–H groups in total. The van der Waals surface area contributed by atoms with Gasteiger partial charge in [-0.05, 0) is 78.2 Å². The Morgan fingerprint density at radius 3 is 1.89 bits per heavy atom. The van der Waals surface area contributed by atoms with Gasteiger partial charge in [0.15, 0.2) is 0 Å². The number of aliphatic carboxylic acids is 1. The standard InChI is InChI=1S/C48H58N8O14S3/c1-71-22-19-35(54-48(66)39(56-41(58)16-17-42(56)59)24-30-12-14-32(15-13-30)70-73(67,68)69)44(62)51-28-40(57)52-37(25-31-27-50-34-11-7-6-10-33(31)34)47(65)53-36(20-23-72-2)46(64)55-38(26-43(60)61)45(63)49-21-18-29-8-4-3-5-9-29/h3-15,27,35-39,50H,16-26,28H2,1-2H3,(H,49,63)(H,51,62)(H,52,57)(H,53,65)(H,54,66)(H,55,64)(H,60,61)(H,67,68,69)/t35-,36-,37+,38-,39-/m0/s1. The normalized spacial score (nSPS) is 14.5. The van der Waals surface area contributed by atoms with Gasteiger partial charge >= 0.3 is 16.4 Å². The Balaban J connectivity index is 1.30. The van der Waals surface area contributed by atoms with Crippen molar-refractivity contribution in [3.05, 3.63) is 102 Å². The van der Waals surface area contributed by atoms with Crippen LogP contribution >= 0.6 is 23.5 Å². The average Bonchev–Trinajstić information content (AvgIpc) is 3.92. The highest BCUT2D eigenvalue weighted by atomic mass is 32.3. The number of carboxylic acids is 1. The first-order valence-corrected chi connectivity index (χ1v) is 27.2. The van der Waals surface area contributed by atoms with Crippen LogP contribution in [0.25, 0.3) is 10.9 Å². The van der Waals surface area contributed by atoms with Crippen LogP contribution in [-0.2, 0) is 72.8 Å². The number of carboxylic acid groups (broad SMARTS) is 1. The molecule has 5 rings (SSSR count). The number of rotatable bonds is 29. The lowest BCUT2D eigenvalue weighted by Gasteiger charge is -2.28. The second-order valence-corrected chi connectivity index (χ2v) is 19.8. The Morgan fingerprint density at radius 1 is 0.685 bits per heavy atom. The molecule has 1 aliphatic heterocycles. The third kappa shape index (κ3) is 17.9. The minimum absolute atomic E-state index is 0.0460. The van der Waals surface area contributed by atoms with Gasteiger partial charge < -0.3 is 46.2 Å². The van der Waals surface area contributed by atoms with Gasteiger partial charge in [-0.15, -0.1) is 0 Å². The summed E-state index contributed by atoms with van der Waals surface area (Å²) in [6.45, 7) is -0.535. The van der Waals surface area contributed by atoms with E-state index < -0.39 is 107 Å². The van der Waals surface area contributed by atoms with E-state index in [9.17, 15) is 56.7 Å². The minimum Gasteiger partial charge on any atom is -0.481 e. The third-order valence-electron chi connectivity index (χ3n) is 11.5. The minimum atomic E-state index is -4.83. The van der Waals surface area contributed by atoms with Crippen molar-refractivity contribution in [3.8, 4) is 5.75 Å². The van der Waals surface area contributed by atoms with E-state index in [0.717, 1.165) is 21.4 Å². The number of likely N-dealkylation sites (tertiary alicyclic amines) is 1. The molecule has 5 atom stereocenters. The van der Waals surface area contributed by atoms with Crippen LogP contribution < -0.4 is 36.1 Å². The highest BCUT2D eigenvalue weighted by Gasteiger charge is 2.40. The summed E-state index contributed by atoms with van der Waals surface area (Å²) in [4.78, 5) is 124. The van der Waals surface area contributed by atoms with Crippen molar-refractivity contribution in [2.45, 2.75) is 81.6 Å². The van der Waals surface area contributed by atoms with Crippen LogP contribution in [0, 0.1) is 0 Å². The molecule has 392 valence electrons. The monoisotopic (exact) mass is 1070 g/mol. The number of nitrogens with one attached hydrogen (secondary N) is 7. The van der Waals surface area contributed by atoms with Gasteiger partial charge in [0, 0.05) is 49.3 Å². The highest BCUT2D eigenvalue weighted by molar-refractivity contribution is 7.98. The van der Waals surface area contributed by atoms with Crippen LogP contribution in [0.3, 0.4) is 0 Å². The van der Waals surface area contributed by atoms with Crippen molar-refractivity contribution in [2.24, 2.45) is 0 Å². The molecule has 1 fully saturated rings. The summed E-state index contributed by atoms with van der Waals surface area (Å²) >= 11 is 2.72. The largest absolute Gasteiger partial charge is 0.481 e. The molecule has 0 saturated carbocycles. The van der Waals surface area contributed by atoms with Crippen LogP contribution in [0.1, 0.15) is 48.8 Å². The molecule has 73 heavy (non-hydrogen) atoms. The Morgan fingerprint density at radius 2 is 1.26 bits per heavy atom. The molecule has 3 aromatic carbocycles. The van der Waals surface area contributed by atoms with Gasteiger partial charge in [-0.1, -0.05) is 60.7 Å². The molecule has 1 saturated heterocycles. The Bertz CT molecular complexity index is 2710. The lowest BCUT2D eigenvalue weighted by molar-refractivity contribution is -0.147. The third-order valence-corrected chi connectivity index (χ3v) is 13.2. The summed E-state index contributed by atoms with van der Waals surface area (Å²) in [5, 5.41) is 25.9. The van der Waals surface area contributed by atoms with E-state index in [-0.39, 0.29) is 50.8 Å². The predicted octanol–water partition coefficient (Wildman–Crippen LogP) is 1.05. The number of hydrogen-bond acceptors (Lipinski definition) is 14. The Labute approximate surface area is 429 Å². The summed E-state index contributed by atoms with van der Waals surface area (Å²) in [5.41, 5.74) is 2.64. The summed E-state index contributed by atoms with van der Waals surface area (Å²) in [6.07, 6.45) is 4.35. The van der Waals surface area contributed by atoms with Gasteiger partial charge in [0.05, 0.1) is 13.0 Å². The molecule has 2 heterocycles. The zero-order valence-corrected chi connectivity index (χ0v) is 42.4. The first kappa shape index (κ1) is 56.9. The van der Waals surface area contributed by atoms with Crippen LogP contribution in [0.5, 0.6) is 5.75 Å². The number of aromatic nitrogens is 1. The number of nitrogens with zero attached hydrogens (tertiary/aromatic N) is 1. The van der Waals surface area contributed by atoms with E-state index in [1.54, 1.807) is 30.8 Å². The fourth-order valence-corrected chi connectivity index (χ4v) is 9.13. The van der Waals surface area contributed by atoms with Crippen LogP contribution in [0.2, 0.25) is 0 Å². The van der Waals surface area contributed by atoms with Gasteiger partial charge in [-0.2, -0.15) is 31.9 Å². The van der Waals surface area contributed by atoms with Crippen molar-refractivity contribution in [1.29, 1.82) is 0 Å². The van der Waals surface area contributed by atoms with Crippen molar-refractivity contribution in [1.82, 2.24) is 41.8 Å². The topological polar surface area (TPSA) is 329 Å². The van der Waals surface area contributed by atoms with Gasteiger partial charge in [0.2, 0.25) is 47.3 Å². The SMILES string of the molecule is CSCC[C@H](NC(=O)[C@@H](Cc1c[nH]c2ccccc12)NC(=O)CNC(=O)[C@H](CCSC)NC(=O)[C@H](Cc1ccc(OS(=O)(=O)O)cc1)N1C(=O)CCC1=O)C(=O)N[C@@H](CC(=O)O)C(=O)NCCc1ccccc1. The van der Waals surface area contributed by atoms with E-state index >= 15 is 0 Å². The average molecular weight is 1070 g/mol. The quantitative estimate of drug-likeness (QED) is 0.0271. The Hall–Kier alpha value is -6.96. The summed E-state index contributed by atoms with van der Waals surface area (Å²) in [6, 6.07) is 14.7. The maximum atomic E-state index is 14.3. The van der Waals surface area contributed by atoms with E-state index in [1.807, 2.05) is 42.5 Å². The molecule has 1 aliphatic rings. The van der Waals surface area contributed by atoms with Gasteiger partial charge in [0.25, 0.3) is 0 Å². The smallest absolute Gasteiger partial charge is 0.446 e. The van der Waals surface area contributed by atoms with E-state index in [1.165, 1.54) is 47.8 Å². The maximum absolute atomic E-state index is 14.3. The number of thioether (sulfide) groups is 2. The molecule has 25 heteroatoms. The molecule has 1 aromatic heterocycles. The fourth-order valence-electron chi connectivity index (χ4n) is 7.84. The first-order valence-electron chi connectivity index (χ1n) is 23.0. The van der Waals surface area contributed by atoms with Crippen molar-refractivity contribution >= 4 is 98.1 Å². The summed E-state index contributed by atoms with van der Waals surface area (Å²) < 4.78 is 35.8. The fraction of sp³-hybridized carbons (Fsp3) is 0.396. The van der Waals surface area contributed by atoms with Crippen molar-refractivity contribution < 1.29 is 65.4 Å². The highest BCUT2D eigenvalue weighted by Crippen LogP contribution is 2.22. The number of amides is 8. The van der Waals surface area contributed by atoms with Crippen LogP contribution in [-0.4, -0.2) is 149 Å². The van der Waals surface area contributed by atoms with Crippen LogP contribution in [0.4, 0.5) is 0 Å². The number of carbonyl (C=O) groups excluding carboxylic acids is 8. The number of imide groups is 1. The van der Waals surface area contributed by atoms with Crippen molar-refractivity contribution in [2.75, 3.05) is 37.1 Å². The van der Waals surface area contributed by atoms with Gasteiger partial charge in [-0.3, -0.25) is 52.6 Å². The van der Waals surface area contributed by atoms with E-state index in [4.69, 9.17) is 4.55 Å². The molecule has 8 amide bonds. The number of hydrogen-bond donors (Lipinski definition) is 9. The second kappa shape index (κ2) is 27.8. The zero-order valence-electron chi connectivity index (χ0n) is 39.9. The predicted molar refractivity (Wildman–Crippen MR) is 271 cm³/mol. The number of para-hydroxylation sites is 1. The molecule has 0 unspecified atom stereocenters. The summed E-state index contributed by atoms with van der Waals surface area (Å²) in [7, 11) is -4.83. The van der Waals surface area contributed by atoms with Crippen LogP contribution in [0.15, 0.2) is 85.1 Å². The molecular weight excluding hydrogens is 1010 g/mol. The number of benzene rings is 3. The second-order valence-electron chi connectivity index (χ2n) is 16.8. The Kier molecular flexibility index (Phi) is 21.6. The molecule has 0 radical (unpaired) electrons. The van der Waals surface area contributed by atoms with Crippen molar-refractivity contribution in [3.63, 3.8) is 0 Å². The molecule has 4 aromatic rings. The van der Waals surface area contributed by atoms with E-state index in [0.29, 0.717) is 29.1 Å². The molecule has 0 bridgehead atoms. The van der Waals surface area contributed by atoms with Gasteiger partial charge in [-0.25, -0.2) is 0 Å². The lowest BCUT2D eigenvalue weighted by atomic mass is 10.0. The van der Waals surface area contributed by atoms with Gasteiger partial charge in [0.1, 0.15) is 36.0 Å².